The molecule has 2 aromatic carbocycles. The molecule has 7 heteroatoms. The number of halogens is 3. The Labute approximate surface area is 147 Å². The standard InChI is InChI=1S/C18H12ClF2NO3/c1-10-15(18(23)24-9-11-5-2-3-7-13(11)20)17(22-25-10)16-12(19)6-4-8-14(16)21/h2-8H,9H2,1H3. The van der Waals surface area contributed by atoms with E-state index in [4.69, 9.17) is 20.9 Å². The molecule has 0 spiro atoms. The van der Waals surface area contributed by atoms with E-state index in [-0.39, 0.29) is 39.8 Å². The highest BCUT2D eigenvalue weighted by molar-refractivity contribution is 6.33. The van der Waals surface area contributed by atoms with Gasteiger partial charge >= 0.3 is 5.97 Å². The van der Waals surface area contributed by atoms with Crippen LogP contribution in [0.2, 0.25) is 5.02 Å². The van der Waals surface area contributed by atoms with Crippen molar-refractivity contribution in [2.45, 2.75) is 13.5 Å². The molecular weight excluding hydrogens is 352 g/mol. The Morgan fingerprint density at radius 1 is 1.16 bits per heavy atom. The first-order valence-corrected chi connectivity index (χ1v) is 7.68. The van der Waals surface area contributed by atoms with Gasteiger partial charge < -0.3 is 9.26 Å². The number of hydrogen-bond acceptors (Lipinski definition) is 4. The first-order chi connectivity index (χ1) is 12.0. The van der Waals surface area contributed by atoms with E-state index < -0.39 is 17.6 Å². The number of hydrogen-bond donors (Lipinski definition) is 0. The van der Waals surface area contributed by atoms with Crippen LogP contribution in [-0.4, -0.2) is 11.1 Å². The van der Waals surface area contributed by atoms with Gasteiger partial charge in [0.25, 0.3) is 0 Å². The molecule has 128 valence electrons. The predicted molar refractivity (Wildman–Crippen MR) is 87.2 cm³/mol. The van der Waals surface area contributed by atoms with Crippen molar-refractivity contribution in [3.8, 4) is 11.3 Å². The van der Waals surface area contributed by atoms with E-state index >= 15 is 0 Å². The van der Waals surface area contributed by atoms with Gasteiger partial charge in [0.05, 0.1) is 10.6 Å². The van der Waals surface area contributed by atoms with E-state index in [9.17, 15) is 13.6 Å². The zero-order valence-corrected chi connectivity index (χ0v) is 13.8. The Morgan fingerprint density at radius 3 is 2.60 bits per heavy atom. The Hall–Kier alpha value is -2.73. The van der Waals surface area contributed by atoms with Crippen LogP contribution in [-0.2, 0) is 11.3 Å². The van der Waals surface area contributed by atoms with Gasteiger partial charge in [0, 0.05) is 5.56 Å². The van der Waals surface area contributed by atoms with Crippen molar-refractivity contribution in [2.75, 3.05) is 0 Å². The Morgan fingerprint density at radius 2 is 1.88 bits per heavy atom. The Bertz CT molecular complexity index is 920. The summed E-state index contributed by atoms with van der Waals surface area (Å²) < 4.78 is 37.9. The summed E-state index contributed by atoms with van der Waals surface area (Å²) in [6.45, 7) is 1.21. The summed E-state index contributed by atoms with van der Waals surface area (Å²) in [6, 6.07) is 10.0. The highest BCUT2D eigenvalue weighted by Gasteiger charge is 2.26. The molecule has 0 amide bonds. The molecule has 0 fully saturated rings. The van der Waals surface area contributed by atoms with Crippen LogP contribution < -0.4 is 0 Å². The number of rotatable bonds is 4. The molecule has 0 aliphatic heterocycles. The fraction of sp³-hybridized carbons (Fsp3) is 0.111. The topological polar surface area (TPSA) is 52.3 Å². The minimum atomic E-state index is -0.809. The molecular formula is C18H12ClF2NO3. The maximum atomic E-state index is 14.1. The third-order valence-electron chi connectivity index (χ3n) is 3.58. The van der Waals surface area contributed by atoms with E-state index in [2.05, 4.69) is 5.16 Å². The third-order valence-corrected chi connectivity index (χ3v) is 3.90. The van der Waals surface area contributed by atoms with Crippen molar-refractivity contribution in [3.05, 3.63) is 76.0 Å². The molecule has 0 bridgehead atoms. The summed E-state index contributed by atoms with van der Waals surface area (Å²) in [5.41, 5.74) is 0.0526. The number of nitrogens with zero attached hydrogens (tertiary/aromatic N) is 1. The lowest BCUT2D eigenvalue weighted by atomic mass is 10.1. The van der Waals surface area contributed by atoms with Crippen LogP contribution in [0, 0.1) is 18.6 Å². The number of aryl methyl sites for hydroxylation is 1. The summed E-state index contributed by atoms with van der Waals surface area (Å²) in [7, 11) is 0. The Kier molecular flexibility index (Phi) is 4.81. The molecule has 0 radical (unpaired) electrons. The van der Waals surface area contributed by atoms with Crippen LogP contribution in [0.4, 0.5) is 8.78 Å². The average Bonchev–Trinajstić information content (AvgIpc) is 2.95. The van der Waals surface area contributed by atoms with Gasteiger partial charge in [-0.1, -0.05) is 41.0 Å². The molecule has 4 nitrogen and oxygen atoms in total. The lowest BCUT2D eigenvalue weighted by Crippen LogP contribution is -2.08. The van der Waals surface area contributed by atoms with Gasteiger partial charge in [0.2, 0.25) is 0 Å². The van der Waals surface area contributed by atoms with Gasteiger partial charge in [-0.3, -0.25) is 0 Å². The normalized spacial score (nSPS) is 10.7. The first-order valence-electron chi connectivity index (χ1n) is 7.30. The van der Waals surface area contributed by atoms with E-state index in [1.807, 2.05) is 0 Å². The van der Waals surface area contributed by atoms with Crippen molar-refractivity contribution in [2.24, 2.45) is 0 Å². The fourth-order valence-electron chi connectivity index (χ4n) is 2.34. The number of esters is 1. The molecule has 0 N–H and O–H groups in total. The number of carbonyl (C=O) groups is 1. The molecule has 1 heterocycles. The van der Waals surface area contributed by atoms with E-state index in [0.717, 1.165) is 0 Å². The second-order valence-electron chi connectivity index (χ2n) is 5.23. The van der Waals surface area contributed by atoms with E-state index in [1.54, 1.807) is 6.07 Å². The zero-order chi connectivity index (χ0) is 18.0. The summed E-state index contributed by atoms with van der Waals surface area (Å²) in [4.78, 5) is 12.4. The van der Waals surface area contributed by atoms with Gasteiger partial charge in [-0.15, -0.1) is 0 Å². The average molecular weight is 364 g/mol. The second-order valence-corrected chi connectivity index (χ2v) is 5.63. The molecule has 1 aromatic heterocycles. The molecule has 0 aliphatic rings. The monoisotopic (exact) mass is 363 g/mol. The van der Waals surface area contributed by atoms with Crippen LogP contribution in [0.3, 0.4) is 0 Å². The fourth-order valence-corrected chi connectivity index (χ4v) is 2.59. The van der Waals surface area contributed by atoms with Crippen molar-refractivity contribution in [1.82, 2.24) is 5.16 Å². The van der Waals surface area contributed by atoms with Crippen molar-refractivity contribution < 1.29 is 22.8 Å². The van der Waals surface area contributed by atoms with Gasteiger partial charge in [-0.25, -0.2) is 13.6 Å². The number of ether oxygens (including phenoxy) is 1. The summed E-state index contributed by atoms with van der Waals surface area (Å²) in [5.74, 6) is -1.80. The predicted octanol–water partition coefficient (Wildman–Crippen LogP) is 4.94. The smallest absolute Gasteiger partial charge is 0.344 e. The molecule has 3 aromatic rings. The lowest BCUT2D eigenvalue weighted by molar-refractivity contribution is 0.0468. The molecule has 0 atom stereocenters. The first kappa shape index (κ1) is 17.1. The van der Waals surface area contributed by atoms with Crippen LogP contribution in [0.15, 0.2) is 47.0 Å². The largest absolute Gasteiger partial charge is 0.457 e. The lowest BCUT2D eigenvalue weighted by Gasteiger charge is -2.07. The van der Waals surface area contributed by atoms with Crippen molar-refractivity contribution in [3.63, 3.8) is 0 Å². The highest BCUT2D eigenvalue weighted by Crippen LogP contribution is 2.33. The maximum Gasteiger partial charge on any atom is 0.344 e. The van der Waals surface area contributed by atoms with E-state index in [0.29, 0.717) is 0 Å². The summed E-state index contributed by atoms with van der Waals surface area (Å²) in [5, 5.41) is 3.81. The van der Waals surface area contributed by atoms with Crippen molar-refractivity contribution >= 4 is 17.6 Å². The minimum absolute atomic E-state index is 0.0525. The minimum Gasteiger partial charge on any atom is -0.457 e. The van der Waals surface area contributed by atoms with Crippen LogP contribution in [0.1, 0.15) is 21.7 Å². The van der Waals surface area contributed by atoms with Gasteiger partial charge in [0.1, 0.15) is 35.3 Å². The number of benzene rings is 2. The molecule has 0 aliphatic carbocycles. The molecule has 25 heavy (non-hydrogen) atoms. The maximum absolute atomic E-state index is 14.1. The van der Waals surface area contributed by atoms with Gasteiger partial charge in [-0.05, 0) is 25.1 Å². The van der Waals surface area contributed by atoms with E-state index in [1.165, 1.54) is 43.3 Å². The van der Waals surface area contributed by atoms with Crippen LogP contribution in [0.5, 0.6) is 0 Å². The number of carbonyl (C=O) groups excluding carboxylic acids is 1. The van der Waals surface area contributed by atoms with Gasteiger partial charge in [-0.2, -0.15) is 0 Å². The highest BCUT2D eigenvalue weighted by atomic mass is 35.5. The van der Waals surface area contributed by atoms with Crippen LogP contribution in [0.25, 0.3) is 11.3 Å². The molecule has 0 unspecified atom stereocenters. The van der Waals surface area contributed by atoms with Crippen molar-refractivity contribution in [1.29, 1.82) is 0 Å². The number of aromatic nitrogens is 1. The zero-order valence-electron chi connectivity index (χ0n) is 13.1. The summed E-state index contributed by atoms with van der Waals surface area (Å²) >= 11 is 6.02. The second kappa shape index (κ2) is 7.03. The quantitative estimate of drug-likeness (QED) is 0.616. The summed E-state index contributed by atoms with van der Waals surface area (Å²) in [6.07, 6.45) is 0. The van der Waals surface area contributed by atoms with Gasteiger partial charge in [0.15, 0.2) is 0 Å². The Balaban J connectivity index is 1.92. The SMILES string of the molecule is Cc1onc(-c2c(F)cccc2Cl)c1C(=O)OCc1ccccc1F. The third kappa shape index (κ3) is 3.39. The molecule has 0 saturated carbocycles. The van der Waals surface area contributed by atoms with Crippen LogP contribution >= 0.6 is 11.6 Å². The molecule has 0 saturated heterocycles. The molecule has 3 rings (SSSR count).